The maximum atomic E-state index is 12.1. The lowest BCUT2D eigenvalue weighted by atomic mass is 10.1. The number of unbranched alkanes of at least 4 members (excludes halogenated alkanes) is 5. The fourth-order valence-corrected chi connectivity index (χ4v) is 3.34. The monoisotopic (exact) mass is 378 g/mol. The second-order valence-corrected chi connectivity index (χ2v) is 7.08. The van der Waals surface area contributed by atoms with E-state index < -0.39 is 0 Å². The largest absolute Gasteiger partial charge is 0.457 e. The van der Waals surface area contributed by atoms with Crippen molar-refractivity contribution in [3.05, 3.63) is 41.6 Å². The van der Waals surface area contributed by atoms with E-state index >= 15 is 0 Å². The van der Waals surface area contributed by atoms with Crippen LogP contribution in [0.15, 0.2) is 41.3 Å². The number of carbonyl (C=O) groups excluding carboxylic acids is 1. The van der Waals surface area contributed by atoms with Gasteiger partial charge in [-0.05, 0) is 24.2 Å². The van der Waals surface area contributed by atoms with Gasteiger partial charge < -0.3 is 4.74 Å². The molecule has 0 radical (unpaired) electrons. The molecule has 0 spiro atoms. The minimum absolute atomic E-state index is 0.255. The van der Waals surface area contributed by atoms with E-state index in [9.17, 15) is 4.79 Å². The first-order chi connectivity index (χ1) is 12.2. The molecule has 0 aliphatic heterocycles. The molecule has 6 heteroatoms. The fraction of sp³-hybridized carbons (Fsp3) is 0.421. The Balaban J connectivity index is 1.87. The number of ether oxygens (including phenoxy) is 1. The number of rotatable bonds is 9. The van der Waals surface area contributed by atoms with Crippen molar-refractivity contribution in [1.29, 1.82) is 0 Å². The molecule has 0 atom stereocenters. The standard InChI is InChI=1S/C19H23ClN2O2S/c1-2-3-4-5-6-10-13-24-19(23)25-16-14-17(20)21-22-18(16)15-11-8-7-9-12-15/h7-9,11-12,14H,2-6,10,13H2,1H3. The van der Waals surface area contributed by atoms with E-state index in [4.69, 9.17) is 16.3 Å². The summed E-state index contributed by atoms with van der Waals surface area (Å²) < 4.78 is 5.32. The topological polar surface area (TPSA) is 52.1 Å². The molecule has 1 aromatic heterocycles. The van der Waals surface area contributed by atoms with Crippen LogP contribution in [0.3, 0.4) is 0 Å². The van der Waals surface area contributed by atoms with Crippen LogP contribution in [0.2, 0.25) is 5.15 Å². The SMILES string of the molecule is CCCCCCCCOC(=O)Sc1cc(Cl)nnc1-c1ccccc1. The van der Waals surface area contributed by atoms with Crippen LogP contribution in [0, 0.1) is 0 Å². The van der Waals surface area contributed by atoms with E-state index in [-0.39, 0.29) is 10.5 Å². The van der Waals surface area contributed by atoms with Crippen LogP contribution < -0.4 is 0 Å². The molecule has 0 bridgehead atoms. The van der Waals surface area contributed by atoms with Gasteiger partial charge in [0.2, 0.25) is 0 Å². The molecule has 0 amide bonds. The molecule has 0 saturated carbocycles. The molecule has 0 aliphatic carbocycles. The Hall–Kier alpha value is -1.59. The molecular formula is C19H23ClN2O2S. The van der Waals surface area contributed by atoms with E-state index in [0.717, 1.165) is 30.2 Å². The van der Waals surface area contributed by atoms with Crippen molar-refractivity contribution in [2.24, 2.45) is 0 Å². The first kappa shape index (κ1) is 19.7. The first-order valence-electron chi connectivity index (χ1n) is 8.64. The Morgan fingerprint density at radius 1 is 1.08 bits per heavy atom. The van der Waals surface area contributed by atoms with E-state index in [0.29, 0.717) is 17.2 Å². The normalized spacial score (nSPS) is 10.6. The summed E-state index contributed by atoms with van der Waals surface area (Å²) in [6.07, 6.45) is 6.94. The molecule has 134 valence electrons. The van der Waals surface area contributed by atoms with Gasteiger partial charge in [0.25, 0.3) is 0 Å². The van der Waals surface area contributed by atoms with Crippen molar-refractivity contribution in [1.82, 2.24) is 10.2 Å². The van der Waals surface area contributed by atoms with Crippen molar-refractivity contribution in [3.8, 4) is 11.3 Å². The van der Waals surface area contributed by atoms with Gasteiger partial charge in [-0.1, -0.05) is 81.0 Å². The minimum atomic E-state index is -0.338. The summed E-state index contributed by atoms with van der Waals surface area (Å²) in [5.41, 5.74) is 1.52. The molecule has 0 saturated heterocycles. The van der Waals surface area contributed by atoms with E-state index in [2.05, 4.69) is 17.1 Å². The Morgan fingerprint density at radius 3 is 2.56 bits per heavy atom. The number of thioether (sulfide) groups is 1. The average Bonchev–Trinajstić information content (AvgIpc) is 2.62. The number of hydrogen-bond acceptors (Lipinski definition) is 5. The van der Waals surface area contributed by atoms with Crippen LogP contribution in [-0.4, -0.2) is 22.1 Å². The van der Waals surface area contributed by atoms with Crippen LogP contribution in [0.4, 0.5) is 4.79 Å². The smallest absolute Gasteiger partial charge is 0.372 e. The molecule has 2 aromatic rings. The number of halogens is 1. The van der Waals surface area contributed by atoms with Gasteiger partial charge in [0.1, 0.15) is 5.69 Å². The first-order valence-corrected chi connectivity index (χ1v) is 9.83. The lowest BCUT2D eigenvalue weighted by Crippen LogP contribution is -2.01. The highest BCUT2D eigenvalue weighted by Crippen LogP contribution is 2.31. The van der Waals surface area contributed by atoms with Crippen LogP contribution >= 0.6 is 23.4 Å². The maximum Gasteiger partial charge on any atom is 0.372 e. The number of aromatic nitrogens is 2. The van der Waals surface area contributed by atoms with Gasteiger partial charge in [0.05, 0.1) is 6.61 Å². The van der Waals surface area contributed by atoms with Gasteiger partial charge in [-0.2, -0.15) is 0 Å². The van der Waals surface area contributed by atoms with Gasteiger partial charge >= 0.3 is 5.30 Å². The average molecular weight is 379 g/mol. The highest BCUT2D eigenvalue weighted by molar-refractivity contribution is 8.13. The zero-order chi connectivity index (χ0) is 17.9. The molecule has 1 aromatic carbocycles. The zero-order valence-corrected chi connectivity index (χ0v) is 16.0. The number of hydrogen-bond donors (Lipinski definition) is 0. The molecule has 2 rings (SSSR count). The summed E-state index contributed by atoms with van der Waals surface area (Å²) in [5.74, 6) is 0. The number of nitrogens with zero attached hydrogens (tertiary/aromatic N) is 2. The predicted octanol–water partition coefficient (Wildman–Crippen LogP) is 6.39. The van der Waals surface area contributed by atoms with Crippen LogP contribution in [-0.2, 0) is 4.74 Å². The van der Waals surface area contributed by atoms with Crippen LogP contribution in [0.1, 0.15) is 45.4 Å². The molecule has 25 heavy (non-hydrogen) atoms. The third-order valence-corrected chi connectivity index (χ3v) is 4.69. The van der Waals surface area contributed by atoms with Crippen molar-refractivity contribution in [2.45, 2.75) is 50.3 Å². The van der Waals surface area contributed by atoms with Gasteiger partial charge in [-0.3, -0.25) is 0 Å². The fourth-order valence-electron chi connectivity index (χ4n) is 2.38. The molecular weight excluding hydrogens is 356 g/mol. The predicted molar refractivity (Wildman–Crippen MR) is 103 cm³/mol. The summed E-state index contributed by atoms with van der Waals surface area (Å²) in [4.78, 5) is 12.7. The summed E-state index contributed by atoms with van der Waals surface area (Å²) >= 11 is 6.94. The number of benzene rings is 1. The summed E-state index contributed by atoms with van der Waals surface area (Å²) in [6.45, 7) is 2.65. The van der Waals surface area contributed by atoms with Gasteiger partial charge in [0.15, 0.2) is 5.15 Å². The molecule has 0 unspecified atom stereocenters. The molecule has 1 heterocycles. The minimum Gasteiger partial charge on any atom is -0.457 e. The van der Waals surface area contributed by atoms with Crippen molar-refractivity contribution < 1.29 is 9.53 Å². The lowest BCUT2D eigenvalue weighted by molar-refractivity contribution is 0.172. The molecule has 0 fully saturated rings. The highest BCUT2D eigenvalue weighted by atomic mass is 35.5. The van der Waals surface area contributed by atoms with E-state index in [1.165, 1.54) is 25.7 Å². The van der Waals surface area contributed by atoms with Crippen molar-refractivity contribution in [2.75, 3.05) is 6.61 Å². The van der Waals surface area contributed by atoms with Gasteiger partial charge in [0, 0.05) is 10.5 Å². The third kappa shape index (κ3) is 7.04. The zero-order valence-electron chi connectivity index (χ0n) is 14.4. The van der Waals surface area contributed by atoms with Gasteiger partial charge in [-0.15, -0.1) is 10.2 Å². The Kier molecular flexibility index (Phi) is 8.77. The summed E-state index contributed by atoms with van der Waals surface area (Å²) in [5, 5.41) is 7.93. The van der Waals surface area contributed by atoms with Crippen molar-refractivity contribution >= 4 is 28.7 Å². The second kappa shape index (κ2) is 11.1. The lowest BCUT2D eigenvalue weighted by Gasteiger charge is -2.08. The molecule has 0 aliphatic rings. The van der Waals surface area contributed by atoms with E-state index in [1.807, 2.05) is 30.3 Å². The Morgan fingerprint density at radius 2 is 1.80 bits per heavy atom. The van der Waals surface area contributed by atoms with E-state index in [1.54, 1.807) is 6.07 Å². The Bertz CT molecular complexity index is 668. The summed E-state index contributed by atoms with van der Waals surface area (Å²) in [7, 11) is 0. The second-order valence-electron chi connectivity index (χ2n) is 5.71. The van der Waals surface area contributed by atoms with Crippen LogP contribution in [0.25, 0.3) is 11.3 Å². The molecule has 0 N–H and O–H groups in total. The molecule has 4 nitrogen and oxygen atoms in total. The number of carbonyl (C=O) groups is 1. The Labute approximate surface area is 158 Å². The quantitative estimate of drug-likeness (QED) is 0.287. The highest BCUT2D eigenvalue weighted by Gasteiger charge is 2.14. The van der Waals surface area contributed by atoms with Crippen LogP contribution in [0.5, 0.6) is 0 Å². The summed E-state index contributed by atoms with van der Waals surface area (Å²) in [6, 6.07) is 11.2. The van der Waals surface area contributed by atoms with Gasteiger partial charge in [-0.25, -0.2) is 4.79 Å². The third-order valence-electron chi connectivity index (χ3n) is 3.69. The van der Waals surface area contributed by atoms with Crippen molar-refractivity contribution in [3.63, 3.8) is 0 Å². The maximum absolute atomic E-state index is 12.1.